The molecule has 94 valence electrons. The van der Waals surface area contributed by atoms with Gasteiger partial charge in [-0.15, -0.1) is 11.3 Å². The van der Waals surface area contributed by atoms with Crippen molar-refractivity contribution in [2.45, 2.75) is 6.54 Å². The number of pyridine rings is 1. The van der Waals surface area contributed by atoms with Crippen LogP contribution < -0.4 is 4.90 Å². The normalized spacial score (nSPS) is 10.3. The Labute approximate surface area is 113 Å². The summed E-state index contributed by atoms with van der Waals surface area (Å²) in [4.78, 5) is 21.1. The van der Waals surface area contributed by atoms with Crippen LogP contribution in [-0.4, -0.2) is 28.1 Å². The van der Waals surface area contributed by atoms with E-state index in [0.717, 1.165) is 5.69 Å². The zero-order valence-corrected chi connectivity index (χ0v) is 11.1. The van der Waals surface area contributed by atoms with Crippen molar-refractivity contribution in [2.24, 2.45) is 0 Å². The molecule has 0 aliphatic heterocycles. The van der Waals surface area contributed by atoms with Crippen LogP contribution in [0.5, 0.6) is 0 Å². The summed E-state index contributed by atoms with van der Waals surface area (Å²) < 4.78 is 0. The quantitative estimate of drug-likeness (QED) is 0.934. The van der Waals surface area contributed by atoms with Gasteiger partial charge in [0, 0.05) is 18.6 Å². The van der Waals surface area contributed by atoms with E-state index >= 15 is 0 Å². The summed E-state index contributed by atoms with van der Waals surface area (Å²) in [7, 11) is 1.82. The van der Waals surface area contributed by atoms with Crippen LogP contribution >= 0.6 is 22.9 Å². The van der Waals surface area contributed by atoms with Crippen LogP contribution in [0.15, 0.2) is 23.2 Å². The third-order valence-electron chi connectivity index (χ3n) is 2.35. The van der Waals surface area contributed by atoms with Gasteiger partial charge >= 0.3 is 5.97 Å². The smallest absolute Gasteiger partial charge is 0.337 e. The first-order chi connectivity index (χ1) is 8.58. The first kappa shape index (κ1) is 12.8. The molecule has 0 aromatic carbocycles. The van der Waals surface area contributed by atoms with E-state index in [-0.39, 0.29) is 10.6 Å². The van der Waals surface area contributed by atoms with E-state index in [0.29, 0.717) is 12.4 Å². The maximum Gasteiger partial charge on any atom is 0.337 e. The fourth-order valence-corrected chi connectivity index (χ4v) is 2.17. The number of nitrogens with zero attached hydrogens (tertiary/aromatic N) is 3. The summed E-state index contributed by atoms with van der Waals surface area (Å²) in [6.45, 7) is 0.567. The van der Waals surface area contributed by atoms with Crippen molar-refractivity contribution in [1.29, 1.82) is 0 Å². The minimum Gasteiger partial charge on any atom is -0.478 e. The molecule has 0 radical (unpaired) electrons. The van der Waals surface area contributed by atoms with Crippen LogP contribution in [-0.2, 0) is 6.54 Å². The number of thiazole rings is 1. The van der Waals surface area contributed by atoms with Gasteiger partial charge in [0.15, 0.2) is 0 Å². The average Bonchev–Trinajstić information content (AvgIpc) is 2.81. The number of rotatable bonds is 4. The maximum absolute atomic E-state index is 11.0. The molecule has 0 aliphatic carbocycles. The van der Waals surface area contributed by atoms with Crippen molar-refractivity contribution in [1.82, 2.24) is 9.97 Å². The Morgan fingerprint density at radius 2 is 2.33 bits per heavy atom. The molecular formula is C11H10ClN3O2S. The van der Waals surface area contributed by atoms with Crippen LogP contribution in [0.2, 0.25) is 5.02 Å². The fraction of sp³-hybridized carbons (Fsp3) is 0.182. The van der Waals surface area contributed by atoms with Gasteiger partial charge in [-0.2, -0.15) is 0 Å². The SMILES string of the molecule is CN(Cc1cscn1)c1cc(C(=O)O)c(Cl)cn1. The van der Waals surface area contributed by atoms with Crippen LogP contribution in [0.3, 0.4) is 0 Å². The Morgan fingerprint density at radius 3 is 2.94 bits per heavy atom. The topological polar surface area (TPSA) is 66.3 Å². The van der Waals surface area contributed by atoms with Crippen molar-refractivity contribution in [3.63, 3.8) is 0 Å². The Hall–Kier alpha value is -1.66. The number of hydrogen-bond donors (Lipinski definition) is 1. The Bertz CT molecular complexity index is 559. The zero-order valence-electron chi connectivity index (χ0n) is 9.50. The van der Waals surface area contributed by atoms with Crippen LogP contribution in [0.4, 0.5) is 5.82 Å². The molecule has 2 aromatic rings. The van der Waals surface area contributed by atoms with E-state index in [2.05, 4.69) is 9.97 Å². The van der Waals surface area contributed by atoms with E-state index in [1.807, 2.05) is 17.3 Å². The summed E-state index contributed by atoms with van der Waals surface area (Å²) in [5, 5.41) is 11.1. The number of anilines is 1. The number of hydrogen-bond acceptors (Lipinski definition) is 5. The van der Waals surface area contributed by atoms with Crippen molar-refractivity contribution in [2.75, 3.05) is 11.9 Å². The van der Waals surface area contributed by atoms with Gasteiger partial charge in [-0.1, -0.05) is 11.6 Å². The molecule has 0 saturated carbocycles. The highest BCUT2D eigenvalue weighted by Crippen LogP contribution is 2.20. The highest BCUT2D eigenvalue weighted by Gasteiger charge is 2.13. The van der Waals surface area contributed by atoms with E-state index in [1.165, 1.54) is 23.6 Å². The van der Waals surface area contributed by atoms with Gasteiger partial charge in [0.25, 0.3) is 0 Å². The molecule has 0 bridgehead atoms. The fourth-order valence-electron chi connectivity index (χ4n) is 1.44. The standard InChI is InChI=1S/C11H10ClN3O2S/c1-15(4-7-5-18-6-14-7)10-2-8(11(16)17)9(12)3-13-10/h2-3,5-6H,4H2,1H3,(H,16,17). The Balaban J connectivity index is 2.22. The first-order valence-corrected chi connectivity index (χ1v) is 6.37. The molecule has 0 amide bonds. The molecule has 2 rings (SSSR count). The summed E-state index contributed by atoms with van der Waals surface area (Å²) in [5.74, 6) is -0.518. The van der Waals surface area contributed by atoms with Crippen molar-refractivity contribution in [3.8, 4) is 0 Å². The predicted octanol–water partition coefficient (Wildman–Crippen LogP) is 2.53. The molecule has 2 aromatic heterocycles. The van der Waals surface area contributed by atoms with Gasteiger partial charge in [0.05, 0.1) is 28.3 Å². The molecule has 5 nitrogen and oxygen atoms in total. The molecule has 18 heavy (non-hydrogen) atoms. The zero-order chi connectivity index (χ0) is 13.1. The molecule has 0 unspecified atom stereocenters. The minimum absolute atomic E-state index is 0.0480. The highest BCUT2D eigenvalue weighted by molar-refractivity contribution is 7.07. The largest absolute Gasteiger partial charge is 0.478 e. The Morgan fingerprint density at radius 1 is 1.56 bits per heavy atom. The first-order valence-electron chi connectivity index (χ1n) is 5.05. The van der Waals surface area contributed by atoms with Gasteiger partial charge in [-0.05, 0) is 6.07 Å². The third-order valence-corrected chi connectivity index (χ3v) is 3.28. The van der Waals surface area contributed by atoms with Crippen molar-refractivity contribution in [3.05, 3.63) is 39.4 Å². The number of aromatic carboxylic acids is 1. The van der Waals surface area contributed by atoms with Gasteiger partial charge < -0.3 is 10.0 Å². The van der Waals surface area contributed by atoms with E-state index < -0.39 is 5.97 Å². The number of carbonyl (C=O) groups is 1. The third kappa shape index (κ3) is 2.77. The van der Waals surface area contributed by atoms with Gasteiger partial charge in [-0.3, -0.25) is 0 Å². The van der Waals surface area contributed by atoms with Crippen molar-refractivity contribution < 1.29 is 9.90 Å². The Kier molecular flexibility index (Phi) is 3.78. The van der Waals surface area contributed by atoms with Gasteiger partial charge in [0.2, 0.25) is 0 Å². The van der Waals surface area contributed by atoms with Crippen LogP contribution in [0.25, 0.3) is 0 Å². The second kappa shape index (κ2) is 5.32. The molecule has 0 saturated heterocycles. The molecule has 1 N–H and O–H groups in total. The second-order valence-corrected chi connectivity index (χ2v) is 4.79. The molecule has 2 heterocycles. The van der Waals surface area contributed by atoms with E-state index in [9.17, 15) is 4.79 Å². The maximum atomic E-state index is 11.0. The van der Waals surface area contributed by atoms with Crippen LogP contribution in [0, 0.1) is 0 Å². The summed E-state index contributed by atoms with van der Waals surface area (Å²) in [6, 6.07) is 1.46. The lowest BCUT2D eigenvalue weighted by Gasteiger charge is -2.17. The highest BCUT2D eigenvalue weighted by atomic mass is 35.5. The number of halogens is 1. The lowest BCUT2D eigenvalue weighted by atomic mass is 10.2. The van der Waals surface area contributed by atoms with E-state index in [1.54, 1.807) is 5.51 Å². The number of carboxylic acid groups (broad SMARTS) is 1. The summed E-state index contributed by atoms with van der Waals surface area (Å²) in [5.41, 5.74) is 2.71. The molecule has 0 spiro atoms. The van der Waals surface area contributed by atoms with Crippen molar-refractivity contribution >= 4 is 34.7 Å². The average molecular weight is 284 g/mol. The molecule has 0 aliphatic rings. The lowest BCUT2D eigenvalue weighted by Crippen LogP contribution is -2.18. The molecule has 0 atom stereocenters. The van der Waals surface area contributed by atoms with Crippen LogP contribution in [0.1, 0.15) is 16.1 Å². The minimum atomic E-state index is -1.06. The van der Waals surface area contributed by atoms with E-state index in [4.69, 9.17) is 16.7 Å². The van der Waals surface area contributed by atoms with Gasteiger partial charge in [-0.25, -0.2) is 14.8 Å². The summed E-state index contributed by atoms with van der Waals surface area (Å²) in [6.07, 6.45) is 1.35. The molecule has 0 fully saturated rings. The summed E-state index contributed by atoms with van der Waals surface area (Å²) >= 11 is 7.28. The van der Waals surface area contributed by atoms with Gasteiger partial charge in [0.1, 0.15) is 5.82 Å². The monoisotopic (exact) mass is 283 g/mol. The lowest BCUT2D eigenvalue weighted by molar-refractivity contribution is 0.0697. The molecular weight excluding hydrogens is 274 g/mol. The second-order valence-electron chi connectivity index (χ2n) is 3.66. The predicted molar refractivity (Wildman–Crippen MR) is 70.4 cm³/mol. The number of carboxylic acids is 1. The molecule has 7 heteroatoms. The number of aromatic nitrogens is 2.